The third-order valence-electron chi connectivity index (χ3n) is 2.92. The lowest BCUT2D eigenvalue weighted by molar-refractivity contribution is 0.499. The first-order valence-corrected chi connectivity index (χ1v) is 6.73. The van der Waals surface area contributed by atoms with Crippen LogP contribution in [0.25, 0.3) is 0 Å². The summed E-state index contributed by atoms with van der Waals surface area (Å²) in [6.07, 6.45) is 1.90. The maximum atomic E-state index is 8.77. The number of benzene rings is 1. The van der Waals surface area contributed by atoms with Gasteiger partial charge in [0.15, 0.2) is 0 Å². The molecule has 2 aromatic rings. The molecule has 1 heterocycles. The third kappa shape index (κ3) is 2.95. The van der Waals surface area contributed by atoms with E-state index in [2.05, 4.69) is 30.2 Å². The molecule has 2 rings (SSSR count). The summed E-state index contributed by atoms with van der Waals surface area (Å²) in [4.78, 5) is 5.32. The Labute approximate surface area is 111 Å². The van der Waals surface area contributed by atoms with Crippen LogP contribution >= 0.6 is 11.3 Å². The minimum absolute atomic E-state index is 0.245. The zero-order chi connectivity index (χ0) is 13.0. The van der Waals surface area contributed by atoms with Gasteiger partial charge in [-0.3, -0.25) is 4.98 Å². The van der Waals surface area contributed by atoms with Crippen molar-refractivity contribution >= 4 is 11.3 Å². The molecule has 0 fully saturated rings. The second kappa shape index (κ2) is 5.76. The average Bonchev–Trinajstić information content (AvgIpc) is 2.92. The maximum absolute atomic E-state index is 8.77. The van der Waals surface area contributed by atoms with Gasteiger partial charge in [-0.15, -0.1) is 11.3 Å². The average molecular weight is 257 g/mol. The highest BCUT2D eigenvalue weighted by Crippen LogP contribution is 2.21. The molecular formula is C14H15N3S. The predicted octanol–water partition coefficient (Wildman–Crippen LogP) is 3.43. The van der Waals surface area contributed by atoms with E-state index in [9.17, 15) is 0 Å². The van der Waals surface area contributed by atoms with Crippen LogP contribution in [0.4, 0.5) is 0 Å². The van der Waals surface area contributed by atoms with E-state index < -0.39 is 0 Å². The first-order chi connectivity index (χ1) is 8.70. The van der Waals surface area contributed by atoms with Gasteiger partial charge in [0.05, 0.1) is 17.1 Å². The Morgan fingerprint density at radius 2 is 1.94 bits per heavy atom. The van der Waals surface area contributed by atoms with Gasteiger partial charge >= 0.3 is 0 Å². The van der Waals surface area contributed by atoms with E-state index in [0.717, 1.165) is 0 Å². The summed E-state index contributed by atoms with van der Waals surface area (Å²) in [5.74, 6) is 0. The summed E-state index contributed by atoms with van der Waals surface area (Å²) in [7, 11) is 0. The molecule has 0 spiro atoms. The van der Waals surface area contributed by atoms with Gasteiger partial charge in [-0.1, -0.05) is 12.1 Å². The van der Waals surface area contributed by atoms with Gasteiger partial charge in [-0.05, 0) is 31.5 Å². The molecule has 2 unspecified atom stereocenters. The molecule has 0 saturated heterocycles. The van der Waals surface area contributed by atoms with E-state index in [-0.39, 0.29) is 12.1 Å². The van der Waals surface area contributed by atoms with Crippen LogP contribution in [0.5, 0.6) is 0 Å². The maximum Gasteiger partial charge on any atom is 0.0991 e. The zero-order valence-electron chi connectivity index (χ0n) is 10.4. The molecule has 1 N–H and O–H groups in total. The molecule has 1 aromatic heterocycles. The van der Waals surface area contributed by atoms with E-state index in [1.807, 2.05) is 36.0 Å². The van der Waals surface area contributed by atoms with Crippen molar-refractivity contribution < 1.29 is 0 Å². The number of thiazole rings is 1. The lowest BCUT2D eigenvalue weighted by Crippen LogP contribution is -2.21. The van der Waals surface area contributed by atoms with Crippen molar-refractivity contribution in [3.05, 3.63) is 52.0 Å². The van der Waals surface area contributed by atoms with Crippen LogP contribution in [0, 0.1) is 11.3 Å². The Morgan fingerprint density at radius 1 is 1.22 bits per heavy atom. The summed E-state index contributed by atoms with van der Waals surface area (Å²) >= 11 is 1.66. The monoisotopic (exact) mass is 257 g/mol. The third-order valence-corrected chi connectivity index (χ3v) is 3.88. The molecule has 0 amide bonds. The SMILES string of the molecule is CC(NC(C)c1cncs1)c1ccc(C#N)cc1. The number of aromatic nitrogens is 1. The van der Waals surface area contributed by atoms with Crippen molar-refractivity contribution in [2.45, 2.75) is 25.9 Å². The van der Waals surface area contributed by atoms with Crippen molar-refractivity contribution in [2.24, 2.45) is 0 Å². The summed E-state index contributed by atoms with van der Waals surface area (Å²) in [5, 5.41) is 12.3. The first kappa shape index (κ1) is 12.7. The van der Waals surface area contributed by atoms with Crippen LogP contribution < -0.4 is 5.32 Å². The van der Waals surface area contributed by atoms with Crippen LogP contribution in [0.2, 0.25) is 0 Å². The lowest BCUT2D eigenvalue weighted by Gasteiger charge is -2.19. The van der Waals surface area contributed by atoms with Gasteiger partial charge in [0, 0.05) is 23.2 Å². The van der Waals surface area contributed by atoms with Crippen LogP contribution in [-0.4, -0.2) is 4.98 Å². The molecule has 2 atom stereocenters. The fraction of sp³-hybridized carbons (Fsp3) is 0.286. The quantitative estimate of drug-likeness (QED) is 0.913. The van der Waals surface area contributed by atoms with Crippen molar-refractivity contribution in [1.82, 2.24) is 10.3 Å². The molecule has 3 nitrogen and oxygen atoms in total. The molecule has 0 aliphatic rings. The van der Waals surface area contributed by atoms with E-state index >= 15 is 0 Å². The number of nitriles is 1. The second-order valence-electron chi connectivity index (χ2n) is 4.25. The predicted molar refractivity (Wildman–Crippen MR) is 73.2 cm³/mol. The van der Waals surface area contributed by atoms with Gasteiger partial charge in [0.2, 0.25) is 0 Å². The molecule has 0 bridgehead atoms. The lowest BCUT2D eigenvalue weighted by atomic mass is 10.1. The fourth-order valence-electron chi connectivity index (χ4n) is 1.84. The standard InChI is InChI=1S/C14H15N3S/c1-10(13-5-3-12(7-15)4-6-13)17-11(2)14-8-16-9-18-14/h3-6,8-11,17H,1-2H3. The van der Waals surface area contributed by atoms with Gasteiger partial charge in [0.1, 0.15) is 0 Å². The molecule has 1 aromatic carbocycles. The normalized spacial score (nSPS) is 13.8. The number of hydrogen-bond donors (Lipinski definition) is 1. The van der Waals surface area contributed by atoms with Crippen LogP contribution in [0.3, 0.4) is 0 Å². The highest BCUT2D eigenvalue weighted by molar-refractivity contribution is 7.09. The van der Waals surface area contributed by atoms with Crippen molar-refractivity contribution in [3.63, 3.8) is 0 Å². The molecule has 0 aliphatic carbocycles. The molecule has 0 saturated carbocycles. The van der Waals surface area contributed by atoms with Crippen LogP contribution in [0.1, 0.15) is 41.9 Å². The van der Waals surface area contributed by atoms with Gasteiger partial charge < -0.3 is 5.32 Å². The van der Waals surface area contributed by atoms with Gasteiger partial charge in [-0.25, -0.2) is 0 Å². The van der Waals surface area contributed by atoms with E-state index in [4.69, 9.17) is 5.26 Å². The number of nitrogens with zero attached hydrogens (tertiary/aromatic N) is 2. The molecule has 92 valence electrons. The van der Waals surface area contributed by atoms with Gasteiger partial charge in [0.25, 0.3) is 0 Å². The largest absolute Gasteiger partial charge is 0.303 e. The number of hydrogen-bond acceptors (Lipinski definition) is 4. The summed E-state index contributed by atoms with van der Waals surface area (Å²) < 4.78 is 0. The van der Waals surface area contributed by atoms with Crippen LogP contribution in [0.15, 0.2) is 36.0 Å². The Balaban J connectivity index is 2.03. The first-order valence-electron chi connectivity index (χ1n) is 5.85. The van der Waals surface area contributed by atoms with Crippen molar-refractivity contribution in [3.8, 4) is 6.07 Å². The molecule has 4 heteroatoms. The minimum Gasteiger partial charge on any atom is -0.303 e. The summed E-state index contributed by atoms with van der Waals surface area (Å²) in [5.41, 5.74) is 3.73. The highest BCUT2D eigenvalue weighted by Gasteiger charge is 2.12. The fourth-order valence-corrected chi connectivity index (χ4v) is 2.48. The van der Waals surface area contributed by atoms with E-state index in [1.54, 1.807) is 11.3 Å². The molecular weight excluding hydrogens is 242 g/mol. The Hall–Kier alpha value is -1.70. The smallest absolute Gasteiger partial charge is 0.0991 e. The number of nitrogens with one attached hydrogen (secondary N) is 1. The van der Waals surface area contributed by atoms with E-state index in [0.29, 0.717) is 5.56 Å². The zero-order valence-corrected chi connectivity index (χ0v) is 11.2. The Bertz CT molecular complexity index is 525. The molecule has 0 radical (unpaired) electrons. The Morgan fingerprint density at radius 3 is 2.50 bits per heavy atom. The van der Waals surface area contributed by atoms with Gasteiger partial charge in [-0.2, -0.15) is 5.26 Å². The van der Waals surface area contributed by atoms with Crippen molar-refractivity contribution in [1.29, 1.82) is 5.26 Å². The van der Waals surface area contributed by atoms with Crippen LogP contribution in [-0.2, 0) is 0 Å². The Kier molecular flexibility index (Phi) is 4.08. The van der Waals surface area contributed by atoms with Crippen molar-refractivity contribution in [2.75, 3.05) is 0 Å². The second-order valence-corrected chi connectivity index (χ2v) is 5.17. The summed E-state index contributed by atoms with van der Waals surface area (Å²) in [6, 6.07) is 10.4. The highest BCUT2D eigenvalue weighted by atomic mass is 32.1. The van der Waals surface area contributed by atoms with E-state index in [1.165, 1.54) is 10.4 Å². The summed E-state index contributed by atoms with van der Waals surface area (Å²) in [6.45, 7) is 4.26. The molecule has 0 aliphatic heterocycles. The topological polar surface area (TPSA) is 48.7 Å². The minimum atomic E-state index is 0.245. The molecule has 18 heavy (non-hydrogen) atoms. The number of rotatable bonds is 4.